The lowest BCUT2D eigenvalue weighted by atomic mass is 10.1. The van der Waals surface area contributed by atoms with E-state index < -0.39 is 193 Å². The number of phosphoric ester groups is 3. The first-order valence-electron chi connectivity index (χ1n) is 18.6. The Hall–Kier alpha value is -1.05. The van der Waals surface area contributed by atoms with E-state index >= 15 is 0 Å². The maximum absolute atomic E-state index is 12.7. The van der Waals surface area contributed by atoms with Crippen LogP contribution in [0.1, 0.15) is 0 Å². The van der Waals surface area contributed by atoms with Gasteiger partial charge in [0.15, 0.2) is 18.9 Å². The number of aliphatic hydroxyl groups excluding tert-OH is 12. The third-order valence-electron chi connectivity index (χ3n) is 9.07. The zero-order valence-electron chi connectivity index (χ0n) is 32.9. The zero-order chi connectivity index (χ0) is 48.2. The van der Waals surface area contributed by atoms with Gasteiger partial charge in [0, 0.05) is 0 Å². The number of aliphatic hydroxyl groups is 12. The predicted molar refractivity (Wildman–Crippen MR) is 193 cm³/mol. The van der Waals surface area contributed by atoms with Crippen molar-refractivity contribution in [1.82, 2.24) is 0 Å². The fourth-order valence-corrected chi connectivity index (χ4v) is 8.63. The van der Waals surface area contributed by atoms with Crippen molar-refractivity contribution < 1.29 is 155 Å². The molecule has 21 atom stereocenters. The summed E-state index contributed by atoms with van der Waals surface area (Å²) in [5.74, 6) is 0. The van der Waals surface area contributed by atoms with Gasteiger partial charge in [-0.25, -0.2) is 13.7 Å². The normalized spacial score (nSPS) is 35.4. The van der Waals surface area contributed by atoms with Gasteiger partial charge in [0.25, 0.3) is 0 Å². The molecule has 0 aromatic carbocycles. The molecule has 3 rings (SSSR count). The van der Waals surface area contributed by atoms with Gasteiger partial charge in [-0.3, -0.25) is 27.1 Å². The fourth-order valence-electron chi connectivity index (χ4n) is 5.81. The molecule has 64 heavy (non-hydrogen) atoms. The van der Waals surface area contributed by atoms with Crippen molar-refractivity contribution >= 4 is 36.0 Å². The molecule has 3 heterocycles. The Labute approximate surface area is 360 Å². The first-order valence-corrected chi connectivity index (χ1v) is 23.0. The van der Waals surface area contributed by atoms with Gasteiger partial charge in [-0.2, -0.15) is 0 Å². The van der Waals surface area contributed by atoms with Crippen molar-refractivity contribution in [1.29, 1.82) is 0 Å². The van der Waals surface area contributed by atoms with Crippen LogP contribution in [0.2, 0.25) is 0 Å². The topological polar surface area (TPSA) is 500 Å². The summed E-state index contributed by atoms with van der Waals surface area (Å²) in [4.78, 5) is 51.0. The van der Waals surface area contributed by atoms with Crippen LogP contribution in [0.25, 0.3) is 0 Å². The second kappa shape index (κ2) is 26.1. The number of carbonyl (C=O) groups excluding carboxylic acids is 2. The van der Waals surface area contributed by atoms with Gasteiger partial charge in [0.2, 0.25) is 0 Å². The van der Waals surface area contributed by atoms with Crippen LogP contribution in [0.15, 0.2) is 0 Å². The first-order chi connectivity index (χ1) is 29.9. The number of rotatable bonds is 31. The predicted octanol–water partition coefficient (Wildman–Crippen LogP) is -8.66. The number of hydrogen-bond acceptors (Lipinski definition) is 29. The molecule has 0 aromatic heterocycles. The molecule has 0 saturated carbocycles. The molecule has 0 aliphatic carbocycles. The molecule has 0 amide bonds. The van der Waals surface area contributed by atoms with Crippen LogP contribution >= 0.6 is 23.5 Å². The second-order valence-corrected chi connectivity index (χ2v) is 18.0. The lowest BCUT2D eigenvalue weighted by molar-refractivity contribution is -0.194. The molecular weight excluding hydrogens is 953 g/mol. The van der Waals surface area contributed by atoms with E-state index in [0.717, 1.165) is 0 Å². The third-order valence-corrected chi connectivity index (χ3v) is 12.0. The van der Waals surface area contributed by atoms with Crippen molar-refractivity contribution in [3.05, 3.63) is 0 Å². The standard InChI is InChI=1S/C29H53O32P3/c30-1-3-50-27-21(41)24(16(5-32)56-27)60-63(46,47)54-10-14(37)20(40)13(36)9-52-29-23(43)26(18(7-34)58-29)61-64(48,49)55-11-15(38)19(39)12(35)8-51-28-22(42)25(17(6-33)57-28)59-62(44,45)53-4-2-31/h1-2,12-29,32-43H,3-11H2,(H,44,45)(H,46,47)(H,48,49)/t12?,13?,14?,15?,16-,17-,18-,19?,20?,21?,22?,23?,24+,25+,26+,27-,28-,29-/m1/s1. The van der Waals surface area contributed by atoms with Crippen molar-refractivity contribution in [3.63, 3.8) is 0 Å². The Morgan fingerprint density at radius 3 is 1.08 bits per heavy atom. The minimum atomic E-state index is -5.37. The highest BCUT2D eigenvalue weighted by atomic mass is 31.2. The highest BCUT2D eigenvalue weighted by Crippen LogP contribution is 2.49. The highest BCUT2D eigenvalue weighted by Gasteiger charge is 2.51. The largest absolute Gasteiger partial charge is 0.473 e. The van der Waals surface area contributed by atoms with Crippen molar-refractivity contribution in [3.8, 4) is 0 Å². The quantitative estimate of drug-likeness (QED) is 0.0226. The Morgan fingerprint density at radius 2 is 0.766 bits per heavy atom. The van der Waals surface area contributed by atoms with E-state index in [2.05, 4.69) is 13.6 Å². The first kappa shape index (κ1) is 57.3. The molecule has 35 heteroatoms. The lowest BCUT2D eigenvalue weighted by Gasteiger charge is -2.27. The number of hydrogen-bond donors (Lipinski definition) is 15. The Balaban J connectivity index is 1.45. The van der Waals surface area contributed by atoms with Gasteiger partial charge in [0.05, 0.1) is 46.2 Å². The minimum absolute atomic E-state index is 0.129. The van der Waals surface area contributed by atoms with E-state index in [1.807, 2.05) is 0 Å². The summed E-state index contributed by atoms with van der Waals surface area (Å²) in [6, 6.07) is 0. The van der Waals surface area contributed by atoms with Crippen molar-refractivity contribution in [2.75, 3.05) is 59.5 Å². The molecule has 32 nitrogen and oxygen atoms in total. The summed E-state index contributed by atoms with van der Waals surface area (Å²) < 4.78 is 95.7. The molecule has 12 unspecified atom stereocenters. The van der Waals surface area contributed by atoms with E-state index in [1.54, 1.807) is 0 Å². The van der Waals surface area contributed by atoms with Crippen LogP contribution in [-0.4, -0.2) is 258 Å². The number of ether oxygens (including phenoxy) is 6. The smallest absolute Gasteiger partial charge is 0.394 e. The van der Waals surface area contributed by atoms with Gasteiger partial charge < -0.3 is 114 Å². The van der Waals surface area contributed by atoms with Crippen LogP contribution in [0, 0.1) is 0 Å². The monoisotopic (exact) mass is 1010 g/mol. The maximum atomic E-state index is 12.7. The summed E-state index contributed by atoms with van der Waals surface area (Å²) in [6.07, 6.45) is -33.5. The summed E-state index contributed by atoms with van der Waals surface area (Å²) in [6.45, 7) is -8.58. The molecule has 0 radical (unpaired) electrons. The zero-order valence-corrected chi connectivity index (χ0v) is 35.6. The van der Waals surface area contributed by atoms with Crippen LogP contribution < -0.4 is 0 Å². The van der Waals surface area contributed by atoms with E-state index in [0.29, 0.717) is 6.29 Å². The number of carbonyl (C=O) groups is 2. The van der Waals surface area contributed by atoms with Crippen LogP contribution in [-0.2, 0) is 78.8 Å². The van der Waals surface area contributed by atoms with Crippen molar-refractivity contribution in [2.45, 2.75) is 110 Å². The molecular formula is C29H53O32P3. The Bertz CT molecular complexity index is 1560. The SMILES string of the molecule is O=CCO[C@@H]1O[C@H](CO)[C@H](OP(=O)(O)OCC(O)C(O)C(O)CO[C@@H]2O[C@H](CO)[C@H](OP(=O)(O)OCC(O)C(O)C(O)CO[C@@H]3O[C@H](CO)[C@H](OP(=O)(O)OCC=O)C3O)C2O)C1O. The van der Waals surface area contributed by atoms with Crippen LogP contribution in [0.3, 0.4) is 0 Å². The molecule has 3 saturated heterocycles. The summed E-state index contributed by atoms with van der Waals surface area (Å²) in [7, 11) is -15.5. The fraction of sp³-hybridized carbons (Fsp3) is 0.931. The highest BCUT2D eigenvalue weighted by molar-refractivity contribution is 7.48. The lowest BCUT2D eigenvalue weighted by Crippen LogP contribution is -2.44. The van der Waals surface area contributed by atoms with Crippen LogP contribution in [0.4, 0.5) is 0 Å². The minimum Gasteiger partial charge on any atom is -0.394 e. The summed E-state index contributed by atoms with van der Waals surface area (Å²) >= 11 is 0. The Morgan fingerprint density at radius 1 is 0.469 bits per heavy atom. The molecule has 15 N–H and O–H groups in total. The molecule has 0 aromatic rings. The van der Waals surface area contributed by atoms with Gasteiger partial charge in [-0.1, -0.05) is 0 Å². The molecule has 376 valence electrons. The van der Waals surface area contributed by atoms with Gasteiger partial charge in [0.1, 0.15) is 117 Å². The molecule has 3 aliphatic rings. The maximum Gasteiger partial charge on any atom is 0.473 e. The van der Waals surface area contributed by atoms with E-state index in [-0.39, 0.29) is 6.29 Å². The molecule has 0 bridgehead atoms. The average molecular weight is 1010 g/mol. The van der Waals surface area contributed by atoms with Crippen LogP contribution in [0.5, 0.6) is 0 Å². The third kappa shape index (κ3) is 16.6. The van der Waals surface area contributed by atoms with E-state index in [4.69, 9.17) is 42.0 Å². The van der Waals surface area contributed by atoms with Gasteiger partial charge in [-0.15, -0.1) is 0 Å². The molecule has 0 spiro atoms. The Kier molecular flexibility index (Phi) is 23.3. The molecule has 3 aliphatic heterocycles. The molecule has 3 fully saturated rings. The number of phosphoric acid groups is 3. The second-order valence-electron chi connectivity index (χ2n) is 13.7. The van der Waals surface area contributed by atoms with Crippen molar-refractivity contribution in [2.24, 2.45) is 0 Å². The van der Waals surface area contributed by atoms with Gasteiger partial charge >= 0.3 is 23.5 Å². The van der Waals surface area contributed by atoms with Gasteiger partial charge in [-0.05, 0) is 0 Å². The van der Waals surface area contributed by atoms with E-state index in [9.17, 15) is 99.2 Å². The average Bonchev–Trinajstić information content (AvgIpc) is 3.84. The van der Waals surface area contributed by atoms with E-state index in [1.165, 1.54) is 0 Å². The summed E-state index contributed by atoms with van der Waals surface area (Å²) in [5, 5.41) is 122. The number of aldehydes is 2. The summed E-state index contributed by atoms with van der Waals surface area (Å²) in [5.41, 5.74) is 0.